The van der Waals surface area contributed by atoms with E-state index in [0.29, 0.717) is 39.9 Å². The molecule has 0 N–H and O–H groups in total. The SMILES string of the molecule is CC.Cc1ccc(-n2nccn2)c(C(=O)N2CC3CC2CCN3c2ncc3cc(F)ccc3n2)c1.Cc1ccc2nc(Cl)ncc2c1. The first kappa shape index (κ1) is 31.9. The fourth-order valence-electron chi connectivity index (χ4n) is 6.13. The minimum Gasteiger partial charge on any atom is -0.336 e. The van der Waals surface area contributed by atoms with Gasteiger partial charge in [0.1, 0.15) is 5.82 Å². The second-order valence-electron chi connectivity index (χ2n) is 11.4. The van der Waals surface area contributed by atoms with Gasteiger partial charge in [0.15, 0.2) is 0 Å². The van der Waals surface area contributed by atoms with Gasteiger partial charge in [0.25, 0.3) is 5.91 Å². The van der Waals surface area contributed by atoms with Crippen molar-refractivity contribution in [3.63, 3.8) is 0 Å². The van der Waals surface area contributed by atoms with E-state index >= 15 is 0 Å². The van der Waals surface area contributed by atoms with Gasteiger partial charge >= 0.3 is 0 Å². The Labute approximate surface area is 277 Å². The molecule has 2 bridgehead atoms. The van der Waals surface area contributed by atoms with Gasteiger partial charge in [0.05, 0.1) is 40.7 Å². The largest absolute Gasteiger partial charge is 0.336 e. The summed E-state index contributed by atoms with van der Waals surface area (Å²) < 4.78 is 13.5. The number of carbonyl (C=O) groups excluding carboxylic acids is 1. The molecule has 240 valence electrons. The molecule has 1 amide bonds. The number of rotatable bonds is 3. The summed E-state index contributed by atoms with van der Waals surface area (Å²) in [6.45, 7) is 9.39. The van der Waals surface area contributed by atoms with Crippen LogP contribution in [0.15, 0.2) is 79.4 Å². The molecule has 3 aromatic heterocycles. The first-order chi connectivity index (χ1) is 22.8. The van der Waals surface area contributed by atoms with Crippen molar-refractivity contribution in [2.24, 2.45) is 0 Å². The van der Waals surface area contributed by atoms with Crippen molar-refractivity contribution < 1.29 is 9.18 Å². The van der Waals surface area contributed by atoms with Crippen LogP contribution >= 0.6 is 11.6 Å². The van der Waals surface area contributed by atoms with E-state index in [1.54, 1.807) is 30.9 Å². The van der Waals surface area contributed by atoms with Crippen molar-refractivity contribution in [2.45, 2.75) is 52.6 Å². The molecule has 5 heterocycles. The van der Waals surface area contributed by atoms with Crippen molar-refractivity contribution in [3.8, 4) is 5.69 Å². The van der Waals surface area contributed by atoms with Crippen LogP contribution < -0.4 is 4.90 Å². The third-order valence-corrected chi connectivity index (χ3v) is 8.49. The minimum atomic E-state index is -0.301. The van der Waals surface area contributed by atoms with Crippen LogP contribution in [0.4, 0.5) is 10.3 Å². The summed E-state index contributed by atoms with van der Waals surface area (Å²) in [5, 5.41) is 10.4. The Morgan fingerprint density at radius 2 is 1.53 bits per heavy atom. The zero-order valence-corrected chi connectivity index (χ0v) is 27.4. The van der Waals surface area contributed by atoms with Gasteiger partial charge in [-0.05, 0) is 80.8 Å². The molecular weight excluding hydrogens is 617 g/mol. The molecule has 2 fully saturated rings. The van der Waals surface area contributed by atoms with Crippen LogP contribution in [0.3, 0.4) is 0 Å². The Hall–Kier alpha value is -5.03. The molecule has 2 aliphatic rings. The van der Waals surface area contributed by atoms with Crippen molar-refractivity contribution in [1.82, 2.24) is 39.8 Å². The van der Waals surface area contributed by atoms with E-state index in [9.17, 15) is 9.18 Å². The number of carbonyl (C=O) groups is 1. The highest BCUT2D eigenvalue weighted by Crippen LogP contribution is 2.34. The van der Waals surface area contributed by atoms with Gasteiger partial charge in [-0.2, -0.15) is 15.0 Å². The van der Waals surface area contributed by atoms with Gasteiger partial charge in [0.2, 0.25) is 11.2 Å². The molecule has 3 aromatic carbocycles. The average molecular weight is 652 g/mol. The Bertz CT molecular complexity index is 2000. The summed E-state index contributed by atoms with van der Waals surface area (Å²) in [6, 6.07) is 16.6. The smallest absolute Gasteiger partial charge is 0.256 e. The summed E-state index contributed by atoms with van der Waals surface area (Å²) in [6.07, 6.45) is 8.32. The fraction of sp³-hybridized carbons (Fsp3) is 0.286. The molecule has 0 aliphatic carbocycles. The van der Waals surface area contributed by atoms with Gasteiger partial charge in [-0.15, -0.1) is 0 Å². The number of aryl methyl sites for hydroxylation is 2. The highest BCUT2D eigenvalue weighted by atomic mass is 35.5. The van der Waals surface area contributed by atoms with Gasteiger partial charge in [-0.3, -0.25) is 4.79 Å². The Morgan fingerprint density at radius 1 is 0.851 bits per heavy atom. The molecule has 2 unspecified atom stereocenters. The number of fused-ring (bicyclic) bond motifs is 4. The van der Waals surface area contributed by atoms with E-state index in [1.807, 2.05) is 69.0 Å². The number of aromatic nitrogens is 7. The number of piperidine rings is 1. The monoisotopic (exact) mass is 651 g/mol. The normalized spacial score (nSPS) is 16.8. The number of nitrogens with zero attached hydrogens (tertiary/aromatic N) is 9. The minimum absolute atomic E-state index is 0.00439. The Kier molecular flexibility index (Phi) is 9.35. The summed E-state index contributed by atoms with van der Waals surface area (Å²) in [5.74, 6) is 0.324. The maximum absolute atomic E-state index is 13.7. The number of halogens is 2. The van der Waals surface area contributed by atoms with Crippen molar-refractivity contribution >= 4 is 45.3 Å². The van der Waals surface area contributed by atoms with Gasteiger partial charge in [-0.25, -0.2) is 24.3 Å². The molecule has 2 saturated heterocycles. The number of anilines is 1. The lowest BCUT2D eigenvalue weighted by atomic mass is 10.0. The van der Waals surface area contributed by atoms with E-state index in [-0.39, 0.29) is 23.8 Å². The van der Waals surface area contributed by atoms with E-state index in [0.717, 1.165) is 35.9 Å². The molecule has 0 saturated carbocycles. The molecule has 0 spiro atoms. The van der Waals surface area contributed by atoms with E-state index in [2.05, 4.69) is 35.0 Å². The molecule has 2 aliphatic heterocycles. The third kappa shape index (κ3) is 6.76. The van der Waals surface area contributed by atoms with Crippen molar-refractivity contribution in [1.29, 1.82) is 0 Å². The summed E-state index contributed by atoms with van der Waals surface area (Å²) in [7, 11) is 0. The lowest BCUT2D eigenvalue weighted by Gasteiger charge is -2.32. The summed E-state index contributed by atoms with van der Waals surface area (Å²) >= 11 is 5.64. The van der Waals surface area contributed by atoms with Crippen LogP contribution in [-0.2, 0) is 0 Å². The second-order valence-corrected chi connectivity index (χ2v) is 11.7. The van der Waals surface area contributed by atoms with Crippen LogP contribution in [0.2, 0.25) is 5.28 Å². The zero-order valence-electron chi connectivity index (χ0n) is 26.7. The number of hydrogen-bond acceptors (Lipinski definition) is 8. The predicted octanol–water partition coefficient (Wildman–Crippen LogP) is 6.77. The predicted molar refractivity (Wildman–Crippen MR) is 181 cm³/mol. The lowest BCUT2D eigenvalue weighted by Crippen LogP contribution is -2.41. The molecule has 2 atom stereocenters. The molecular formula is C35H35ClFN9O. The first-order valence-corrected chi connectivity index (χ1v) is 16.1. The number of benzene rings is 3. The maximum atomic E-state index is 13.7. The molecule has 10 nitrogen and oxygen atoms in total. The molecule has 47 heavy (non-hydrogen) atoms. The molecule has 12 heteroatoms. The maximum Gasteiger partial charge on any atom is 0.256 e. The van der Waals surface area contributed by atoms with E-state index < -0.39 is 0 Å². The van der Waals surface area contributed by atoms with Crippen molar-refractivity contribution in [2.75, 3.05) is 18.0 Å². The van der Waals surface area contributed by atoms with E-state index in [4.69, 9.17) is 11.6 Å². The van der Waals surface area contributed by atoms with Crippen LogP contribution in [0.5, 0.6) is 0 Å². The summed E-state index contributed by atoms with van der Waals surface area (Å²) in [5.41, 5.74) is 5.10. The highest BCUT2D eigenvalue weighted by Gasteiger charge is 2.43. The lowest BCUT2D eigenvalue weighted by molar-refractivity contribution is 0.0735. The fourth-order valence-corrected chi connectivity index (χ4v) is 6.27. The van der Waals surface area contributed by atoms with Gasteiger partial charge in [0, 0.05) is 42.3 Å². The molecule has 6 aromatic rings. The zero-order chi connectivity index (χ0) is 33.1. The number of hydrogen-bond donors (Lipinski definition) is 0. The average Bonchev–Trinajstić information content (AvgIpc) is 3.74. The topological polar surface area (TPSA) is 106 Å². The second kappa shape index (κ2) is 13.8. The third-order valence-electron chi connectivity index (χ3n) is 8.31. The standard InChI is InChI=1S/C24H22FN7O.C9H7ClN2.C2H6/c1-15-2-5-22(32-27-7-8-28-32)20(10-15)23(33)31-14-19-12-18(31)6-9-30(19)24-26-13-16-11-17(25)3-4-21(16)29-24;1-6-2-3-8-7(4-6)5-11-9(10)12-8;1-2/h2-5,7-8,10-11,13,18-19H,6,9,12,14H2,1H3;2-5H,1H3;1-2H3. The number of likely N-dealkylation sites (tertiary alicyclic amines) is 1. The molecule has 0 radical (unpaired) electrons. The highest BCUT2D eigenvalue weighted by molar-refractivity contribution is 6.28. The van der Waals surface area contributed by atoms with Gasteiger partial charge in [-0.1, -0.05) is 37.1 Å². The number of amides is 1. The van der Waals surface area contributed by atoms with Crippen molar-refractivity contribution in [3.05, 3.63) is 107 Å². The summed E-state index contributed by atoms with van der Waals surface area (Å²) in [4.78, 5) is 36.5. The Balaban J connectivity index is 0.000000231. The van der Waals surface area contributed by atoms with E-state index in [1.165, 1.54) is 22.5 Å². The Morgan fingerprint density at radius 3 is 2.34 bits per heavy atom. The van der Waals surface area contributed by atoms with Crippen LogP contribution in [-0.4, -0.2) is 70.9 Å². The van der Waals surface area contributed by atoms with Crippen LogP contribution in [0, 0.1) is 19.7 Å². The first-order valence-electron chi connectivity index (χ1n) is 15.7. The van der Waals surface area contributed by atoms with Crippen LogP contribution in [0.25, 0.3) is 27.5 Å². The quantitative estimate of drug-likeness (QED) is 0.193. The molecule has 8 rings (SSSR count). The van der Waals surface area contributed by atoms with Crippen LogP contribution in [0.1, 0.15) is 48.2 Å². The van der Waals surface area contributed by atoms with Gasteiger partial charge < -0.3 is 9.80 Å².